The van der Waals surface area contributed by atoms with E-state index in [0.717, 1.165) is 11.5 Å². The van der Waals surface area contributed by atoms with Crippen LogP contribution in [0.25, 0.3) is 0 Å². The third-order valence-electron chi connectivity index (χ3n) is 5.07. The van der Waals surface area contributed by atoms with Crippen LogP contribution < -0.4 is 15.2 Å². The monoisotopic (exact) mass is 466 g/mol. The highest BCUT2D eigenvalue weighted by Crippen LogP contribution is 2.26. The standard InChI is InChI=1S/C26H34N4O2S/c1-25(2,3)18-7-11-20(12-8-18)31-15-16-33-24-29-22(28-23(27)30-24)17-32-21-13-9-19(10-14-21)26(4,5)6/h7-14H,15-17H2,1-6H3,(H2,27,28,29,30). The van der Waals surface area contributed by atoms with E-state index in [1.165, 1.54) is 22.9 Å². The van der Waals surface area contributed by atoms with Crippen molar-refractivity contribution < 1.29 is 9.47 Å². The predicted molar refractivity (Wildman–Crippen MR) is 135 cm³/mol. The van der Waals surface area contributed by atoms with E-state index in [1.54, 1.807) is 0 Å². The van der Waals surface area contributed by atoms with Gasteiger partial charge in [0.1, 0.15) is 18.1 Å². The van der Waals surface area contributed by atoms with Crippen molar-refractivity contribution in [3.63, 3.8) is 0 Å². The zero-order valence-corrected chi connectivity index (χ0v) is 21.2. The summed E-state index contributed by atoms with van der Waals surface area (Å²) in [5.41, 5.74) is 8.65. The highest BCUT2D eigenvalue weighted by Gasteiger charge is 2.14. The molecule has 3 rings (SSSR count). The molecule has 0 amide bonds. The van der Waals surface area contributed by atoms with Gasteiger partial charge in [-0.2, -0.15) is 9.97 Å². The molecule has 0 saturated carbocycles. The summed E-state index contributed by atoms with van der Waals surface area (Å²) in [6, 6.07) is 16.3. The molecule has 0 spiro atoms. The summed E-state index contributed by atoms with van der Waals surface area (Å²) in [7, 11) is 0. The van der Waals surface area contributed by atoms with Gasteiger partial charge >= 0.3 is 0 Å². The summed E-state index contributed by atoms with van der Waals surface area (Å²) in [6.45, 7) is 13.9. The molecule has 1 heterocycles. The van der Waals surface area contributed by atoms with Crippen LogP contribution in [0.4, 0.5) is 5.95 Å². The van der Waals surface area contributed by atoms with Crippen molar-refractivity contribution in [1.29, 1.82) is 0 Å². The van der Waals surface area contributed by atoms with Crippen molar-refractivity contribution in [3.8, 4) is 11.5 Å². The Hall–Kier alpha value is -2.80. The number of hydrogen-bond acceptors (Lipinski definition) is 7. The summed E-state index contributed by atoms with van der Waals surface area (Å²) < 4.78 is 11.7. The second-order valence-corrected chi connectivity index (χ2v) is 11.0. The maximum Gasteiger partial charge on any atom is 0.224 e. The second-order valence-electron chi connectivity index (χ2n) is 9.93. The van der Waals surface area contributed by atoms with Crippen molar-refractivity contribution in [2.75, 3.05) is 18.1 Å². The minimum atomic E-state index is 0.104. The molecule has 0 unspecified atom stereocenters. The van der Waals surface area contributed by atoms with Gasteiger partial charge in [-0.05, 0) is 46.2 Å². The van der Waals surface area contributed by atoms with E-state index in [4.69, 9.17) is 15.2 Å². The molecule has 7 heteroatoms. The number of thioether (sulfide) groups is 1. The molecule has 33 heavy (non-hydrogen) atoms. The van der Waals surface area contributed by atoms with Gasteiger partial charge in [-0.3, -0.25) is 0 Å². The van der Waals surface area contributed by atoms with Gasteiger partial charge < -0.3 is 15.2 Å². The molecule has 0 fully saturated rings. The molecule has 6 nitrogen and oxygen atoms in total. The number of ether oxygens (including phenoxy) is 2. The Balaban J connectivity index is 1.49. The van der Waals surface area contributed by atoms with Gasteiger partial charge in [0.05, 0.1) is 6.61 Å². The average molecular weight is 467 g/mol. The number of nitrogens with two attached hydrogens (primary N) is 1. The van der Waals surface area contributed by atoms with E-state index in [2.05, 4.69) is 80.8 Å². The van der Waals surface area contributed by atoms with Crippen LogP contribution in [0.3, 0.4) is 0 Å². The van der Waals surface area contributed by atoms with E-state index in [-0.39, 0.29) is 23.4 Å². The summed E-state index contributed by atoms with van der Waals surface area (Å²) in [5, 5.41) is 0.566. The third kappa shape index (κ3) is 7.63. The largest absolute Gasteiger partial charge is 0.493 e. The molecular weight excluding hydrogens is 432 g/mol. The van der Waals surface area contributed by atoms with Crippen molar-refractivity contribution >= 4 is 17.7 Å². The lowest BCUT2D eigenvalue weighted by molar-refractivity contribution is 0.294. The van der Waals surface area contributed by atoms with Crippen molar-refractivity contribution in [1.82, 2.24) is 15.0 Å². The number of benzene rings is 2. The first kappa shape index (κ1) is 24.8. The highest BCUT2D eigenvalue weighted by atomic mass is 32.2. The molecule has 3 aromatic rings. The van der Waals surface area contributed by atoms with E-state index < -0.39 is 0 Å². The van der Waals surface area contributed by atoms with E-state index >= 15 is 0 Å². The molecule has 0 aliphatic rings. The first-order valence-corrected chi connectivity index (χ1v) is 12.1. The molecule has 2 aromatic carbocycles. The topological polar surface area (TPSA) is 83.2 Å². The molecule has 0 radical (unpaired) electrons. The van der Waals surface area contributed by atoms with Crippen molar-refractivity contribution in [3.05, 3.63) is 65.5 Å². The van der Waals surface area contributed by atoms with Crippen LogP contribution in [0.2, 0.25) is 0 Å². The third-order valence-corrected chi connectivity index (χ3v) is 5.88. The Morgan fingerprint density at radius 2 is 1.24 bits per heavy atom. The van der Waals surface area contributed by atoms with Crippen molar-refractivity contribution in [2.45, 2.75) is 64.1 Å². The Kier molecular flexibility index (Phi) is 7.84. The predicted octanol–water partition coefficient (Wildman–Crippen LogP) is 5.80. The maximum atomic E-state index is 5.88. The summed E-state index contributed by atoms with van der Waals surface area (Å²) >= 11 is 1.48. The Bertz CT molecular complexity index is 1040. The molecule has 0 aliphatic carbocycles. The molecule has 0 saturated heterocycles. The smallest absolute Gasteiger partial charge is 0.224 e. The molecule has 0 bridgehead atoms. The van der Waals surface area contributed by atoms with Crippen LogP contribution in [0.15, 0.2) is 53.7 Å². The van der Waals surface area contributed by atoms with Crippen LogP contribution in [0.5, 0.6) is 11.5 Å². The van der Waals surface area contributed by atoms with Crippen molar-refractivity contribution in [2.24, 2.45) is 0 Å². The minimum absolute atomic E-state index is 0.104. The lowest BCUT2D eigenvalue weighted by Crippen LogP contribution is -2.11. The fourth-order valence-electron chi connectivity index (χ4n) is 3.09. The lowest BCUT2D eigenvalue weighted by Gasteiger charge is -2.19. The number of hydrogen-bond donors (Lipinski definition) is 1. The fraction of sp³-hybridized carbons (Fsp3) is 0.423. The van der Waals surface area contributed by atoms with Gasteiger partial charge in [0.15, 0.2) is 11.0 Å². The van der Waals surface area contributed by atoms with Crippen LogP contribution >= 0.6 is 11.8 Å². The molecule has 176 valence electrons. The molecular formula is C26H34N4O2S. The molecule has 0 aliphatic heterocycles. The summed E-state index contributed by atoms with van der Waals surface area (Å²) in [5.74, 6) is 3.00. The van der Waals surface area contributed by atoms with Crippen LogP contribution in [0, 0.1) is 0 Å². The number of nitrogen functional groups attached to an aromatic ring is 1. The zero-order chi connectivity index (χ0) is 24.1. The lowest BCUT2D eigenvalue weighted by atomic mass is 9.87. The van der Waals surface area contributed by atoms with Crippen LogP contribution in [-0.2, 0) is 17.4 Å². The number of anilines is 1. The average Bonchev–Trinajstić information content (AvgIpc) is 2.74. The van der Waals surface area contributed by atoms with Gasteiger partial charge in [-0.15, -0.1) is 0 Å². The summed E-state index contributed by atoms with van der Waals surface area (Å²) in [6.07, 6.45) is 0. The molecule has 2 N–H and O–H groups in total. The first-order valence-electron chi connectivity index (χ1n) is 11.1. The fourth-order valence-corrected chi connectivity index (χ4v) is 3.76. The normalized spacial score (nSPS) is 11.9. The highest BCUT2D eigenvalue weighted by molar-refractivity contribution is 7.99. The molecule has 0 atom stereocenters. The number of aromatic nitrogens is 3. The number of nitrogens with zero attached hydrogens (tertiary/aromatic N) is 3. The second kappa shape index (κ2) is 10.4. The van der Waals surface area contributed by atoms with Gasteiger partial charge in [0, 0.05) is 5.75 Å². The quantitative estimate of drug-likeness (QED) is 0.332. The Morgan fingerprint density at radius 1 is 0.727 bits per heavy atom. The van der Waals surface area contributed by atoms with Gasteiger partial charge in [-0.25, -0.2) is 4.98 Å². The Morgan fingerprint density at radius 3 is 1.76 bits per heavy atom. The van der Waals surface area contributed by atoms with E-state index in [0.29, 0.717) is 23.3 Å². The van der Waals surface area contributed by atoms with Gasteiger partial charge in [0.2, 0.25) is 5.95 Å². The maximum absolute atomic E-state index is 5.88. The summed E-state index contributed by atoms with van der Waals surface area (Å²) in [4.78, 5) is 12.9. The number of rotatable bonds is 8. The van der Waals surface area contributed by atoms with Crippen LogP contribution in [0.1, 0.15) is 58.5 Å². The molecule has 1 aromatic heterocycles. The van der Waals surface area contributed by atoms with Gasteiger partial charge in [0.25, 0.3) is 0 Å². The zero-order valence-electron chi connectivity index (χ0n) is 20.4. The SMILES string of the molecule is CC(C)(C)c1ccc(OCCSc2nc(N)nc(COc3ccc(C(C)(C)C)cc3)n2)cc1. The first-order chi connectivity index (χ1) is 15.5. The van der Waals surface area contributed by atoms with Gasteiger partial charge in [-0.1, -0.05) is 77.6 Å². The Labute approximate surface area is 201 Å². The minimum Gasteiger partial charge on any atom is -0.493 e. The van der Waals surface area contributed by atoms with Crippen LogP contribution in [-0.4, -0.2) is 27.3 Å². The van der Waals surface area contributed by atoms with E-state index in [1.807, 2.05) is 24.3 Å². The van der Waals surface area contributed by atoms with E-state index in [9.17, 15) is 0 Å².